The molecule has 0 fully saturated rings. The molecule has 0 heterocycles. The molecule has 2 heteroatoms. The first-order valence-electron chi connectivity index (χ1n) is 3.94. The smallest absolute Gasteiger partial charge is 0.161 e. The van der Waals surface area contributed by atoms with Gasteiger partial charge in [-0.25, -0.2) is 0 Å². The van der Waals surface area contributed by atoms with Gasteiger partial charge in [0.05, 0.1) is 11.9 Å². The van der Waals surface area contributed by atoms with Crippen molar-refractivity contribution in [3.63, 3.8) is 0 Å². The first-order valence-corrected chi connectivity index (χ1v) is 3.94. The first kappa shape index (κ1) is 8.65. The second-order valence-corrected chi connectivity index (χ2v) is 2.40. The zero-order valence-electron chi connectivity index (χ0n) is 7.03. The largest absolute Gasteiger partial charge is 0.297 e. The van der Waals surface area contributed by atoms with Gasteiger partial charge in [-0.2, -0.15) is 0 Å². The summed E-state index contributed by atoms with van der Waals surface area (Å²) in [6, 6.07) is 7.80. The molecule has 0 amide bonds. The maximum Gasteiger partial charge on any atom is 0.161 e. The lowest BCUT2D eigenvalue weighted by atomic mass is 10.1. The van der Waals surface area contributed by atoms with Crippen LogP contribution in [0.15, 0.2) is 29.3 Å². The van der Waals surface area contributed by atoms with Crippen molar-refractivity contribution in [2.24, 2.45) is 4.99 Å². The summed E-state index contributed by atoms with van der Waals surface area (Å²) >= 11 is 0. The molecule has 0 bridgehead atoms. The fourth-order valence-corrected chi connectivity index (χ4v) is 1.05. The molecule has 0 aliphatic heterocycles. The van der Waals surface area contributed by atoms with Gasteiger partial charge in [0, 0.05) is 0 Å². The zero-order chi connectivity index (χ0) is 8.81. The topological polar surface area (TPSA) is 29.4 Å². The number of para-hydroxylation sites is 1. The Labute approximate surface area is 71.9 Å². The van der Waals surface area contributed by atoms with Crippen molar-refractivity contribution >= 4 is 18.2 Å². The van der Waals surface area contributed by atoms with Gasteiger partial charge in [0.1, 0.15) is 0 Å². The fourth-order valence-electron chi connectivity index (χ4n) is 1.05. The second-order valence-electron chi connectivity index (χ2n) is 2.40. The number of aliphatic imine (C=N–C) groups is 1. The quantitative estimate of drug-likeness (QED) is 0.493. The summed E-state index contributed by atoms with van der Waals surface area (Å²) in [6.07, 6.45) is 2.90. The van der Waals surface area contributed by atoms with E-state index in [1.807, 2.05) is 24.3 Å². The van der Waals surface area contributed by atoms with Gasteiger partial charge in [-0.05, 0) is 18.1 Å². The number of benzene rings is 1. The molecule has 0 radical (unpaired) electrons. The minimum absolute atomic E-state index is 0.687. The molecule has 1 aromatic rings. The van der Waals surface area contributed by atoms with Gasteiger partial charge in [0.25, 0.3) is 0 Å². The maximum atomic E-state index is 10.0. The van der Waals surface area contributed by atoms with Gasteiger partial charge < -0.3 is 0 Å². The van der Waals surface area contributed by atoms with E-state index in [-0.39, 0.29) is 0 Å². The Morgan fingerprint density at radius 2 is 2.17 bits per heavy atom. The van der Waals surface area contributed by atoms with Crippen LogP contribution in [0, 0.1) is 0 Å². The summed E-state index contributed by atoms with van der Waals surface area (Å²) in [5.74, 6) is 0. The van der Waals surface area contributed by atoms with Crippen LogP contribution in [-0.2, 0) is 11.2 Å². The van der Waals surface area contributed by atoms with Crippen molar-refractivity contribution < 1.29 is 4.79 Å². The van der Waals surface area contributed by atoms with Crippen molar-refractivity contribution in [2.45, 2.75) is 13.3 Å². The monoisotopic (exact) mass is 161 g/mol. The van der Waals surface area contributed by atoms with Crippen molar-refractivity contribution in [1.82, 2.24) is 0 Å². The minimum Gasteiger partial charge on any atom is -0.297 e. The highest BCUT2D eigenvalue weighted by Crippen LogP contribution is 2.17. The molecule has 1 aromatic carbocycles. The third-order valence-corrected chi connectivity index (χ3v) is 1.65. The predicted octanol–water partition coefficient (Wildman–Crippen LogP) is 2.15. The Morgan fingerprint density at radius 1 is 1.42 bits per heavy atom. The van der Waals surface area contributed by atoms with Gasteiger partial charge in [0.15, 0.2) is 6.29 Å². The number of aldehydes is 1. The Kier molecular flexibility index (Phi) is 3.20. The molecule has 12 heavy (non-hydrogen) atoms. The van der Waals surface area contributed by atoms with Crippen molar-refractivity contribution in [1.29, 1.82) is 0 Å². The molecule has 0 aliphatic carbocycles. The van der Waals surface area contributed by atoms with Crippen LogP contribution in [-0.4, -0.2) is 12.5 Å². The van der Waals surface area contributed by atoms with Crippen LogP contribution >= 0.6 is 0 Å². The zero-order valence-corrected chi connectivity index (χ0v) is 7.03. The molecular weight excluding hydrogens is 150 g/mol. The molecular formula is C10H11NO. The van der Waals surface area contributed by atoms with Crippen LogP contribution in [0.5, 0.6) is 0 Å². The summed E-state index contributed by atoms with van der Waals surface area (Å²) in [5, 5.41) is 0. The molecule has 0 N–H and O–H groups in total. The average molecular weight is 161 g/mol. The van der Waals surface area contributed by atoms with E-state index in [2.05, 4.69) is 11.9 Å². The van der Waals surface area contributed by atoms with Gasteiger partial charge in [-0.1, -0.05) is 25.1 Å². The molecule has 0 atom stereocenters. The number of hydrogen-bond donors (Lipinski definition) is 0. The third kappa shape index (κ3) is 2.02. The van der Waals surface area contributed by atoms with Crippen molar-refractivity contribution in [2.75, 3.05) is 0 Å². The highest BCUT2D eigenvalue weighted by atomic mass is 16.1. The van der Waals surface area contributed by atoms with E-state index in [9.17, 15) is 4.79 Å². The summed E-state index contributed by atoms with van der Waals surface area (Å²) in [4.78, 5) is 14.0. The Balaban J connectivity index is 2.96. The Hall–Kier alpha value is -1.44. The van der Waals surface area contributed by atoms with Crippen LogP contribution in [0.1, 0.15) is 12.5 Å². The van der Waals surface area contributed by atoms with Crippen LogP contribution in [0.4, 0.5) is 5.69 Å². The molecule has 0 saturated heterocycles. The standard InChI is InChI=1S/C10H11NO/c1-2-9-5-3-4-6-10(9)11-7-8-12/h3-8H,2H2,1H3. The SMILES string of the molecule is CCc1ccccc1N=CC=O. The normalized spacial score (nSPS) is 10.4. The predicted molar refractivity (Wildman–Crippen MR) is 50.0 cm³/mol. The molecule has 0 saturated carbocycles. The van der Waals surface area contributed by atoms with E-state index < -0.39 is 0 Å². The molecule has 0 aliphatic rings. The number of nitrogens with zero attached hydrogens (tertiary/aromatic N) is 1. The summed E-state index contributed by atoms with van der Waals surface area (Å²) < 4.78 is 0. The highest BCUT2D eigenvalue weighted by Gasteiger charge is 1.94. The van der Waals surface area contributed by atoms with Gasteiger partial charge in [0.2, 0.25) is 0 Å². The highest BCUT2D eigenvalue weighted by molar-refractivity contribution is 6.13. The number of rotatable bonds is 3. The molecule has 1 rings (SSSR count). The van der Waals surface area contributed by atoms with Crippen molar-refractivity contribution in [3.8, 4) is 0 Å². The molecule has 0 aromatic heterocycles. The van der Waals surface area contributed by atoms with Gasteiger partial charge >= 0.3 is 0 Å². The van der Waals surface area contributed by atoms with E-state index in [0.717, 1.165) is 17.7 Å². The maximum absolute atomic E-state index is 10.0. The van der Waals surface area contributed by atoms with Crippen molar-refractivity contribution in [3.05, 3.63) is 29.8 Å². The lowest BCUT2D eigenvalue weighted by Crippen LogP contribution is -1.81. The number of aryl methyl sites for hydroxylation is 1. The van der Waals surface area contributed by atoms with Gasteiger partial charge in [-0.15, -0.1) is 0 Å². The summed E-state index contributed by atoms with van der Waals surface area (Å²) in [5.41, 5.74) is 2.04. The number of carbonyl (C=O) groups is 1. The van der Waals surface area contributed by atoms with Crippen LogP contribution in [0.2, 0.25) is 0 Å². The number of hydrogen-bond acceptors (Lipinski definition) is 2. The lowest BCUT2D eigenvalue weighted by Gasteiger charge is -1.99. The van der Waals surface area contributed by atoms with Gasteiger partial charge in [-0.3, -0.25) is 9.79 Å². The molecule has 0 spiro atoms. The average Bonchev–Trinajstić information content (AvgIpc) is 2.15. The number of carbonyl (C=O) groups excluding carboxylic acids is 1. The van der Waals surface area contributed by atoms with E-state index in [4.69, 9.17) is 0 Å². The molecule has 2 nitrogen and oxygen atoms in total. The summed E-state index contributed by atoms with van der Waals surface area (Å²) in [7, 11) is 0. The first-order chi connectivity index (χ1) is 5.88. The van der Waals surface area contributed by atoms with Crippen LogP contribution in [0.3, 0.4) is 0 Å². The molecule has 62 valence electrons. The molecule has 0 unspecified atom stereocenters. The second kappa shape index (κ2) is 4.44. The van der Waals surface area contributed by atoms with E-state index in [1.165, 1.54) is 6.21 Å². The summed E-state index contributed by atoms with van der Waals surface area (Å²) in [6.45, 7) is 2.06. The Bertz CT molecular complexity index is 292. The van der Waals surface area contributed by atoms with E-state index in [1.54, 1.807) is 0 Å². The van der Waals surface area contributed by atoms with Crippen LogP contribution < -0.4 is 0 Å². The van der Waals surface area contributed by atoms with E-state index in [0.29, 0.717) is 6.29 Å². The third-order valence-electron chi connectivity index (χ3n) is 1.65. The lowest BCUT2D eigenvalue weighted by molar-refractivity contribution is -0.102. The Morgan fingerprint density at radius 3 is 2.83 bits per heavy atom. The fraction of sp³-hybridized carbons (Fsp3) is 0.200. The van der Waals surface area contributed by atoms with E-state index >= 15 is 0 Å². The van der Waals surface area contributed by atoms with Crippen LogP contribution in [0.25, 0.3) is 0 Å². The minimum atomic E-state index is 0.687.